The van der Waals surface area contributed by atoms with Gasteiger partial charge in [0, 0.05) is 0 Å². The molecule has 2 aliphatic carbocycles. The van der Waals surface area contributed by atoms with Gasteiger partial charge in [-0.1, -0.05) is 0 Å². The first kappa shape index (κ1) is 46.2. The van der Waals surface area contributed by atoms with E-state index in [1.807, 2.05) is 12.1 Å². The molecule has 0 fully saturated rings. The Bertz CT molecular complexity index is 3080. The number of hydrogen-bond acceptors (Lipinski definition) is 0. The Hall–Kier alpha value is -4.33. The molecule has 0 unspecified atom stereocenters. The van der Waals surface area contributed by atoms with Crippen molar-refractivity contribution in [2.45, 2.75) is 62.4 Å². The zero-order valence-corrected chi connectivity index (χ0v) is 42.5. The second kappa shape index (κ2) is 18.2. The third kappa shape index (κ3) is 8.16. The summed E-state index contributed by atoms with van der Waals surface area (Å²) >= 11 is 10.8. The van der Waals surface area contributed by atoms with Gasteiger partial charge in [0.25, 0.3) is 0 Å². The van der Waals surface area contributed by atoms with Crippen molar-refractivity contribution < 1.29 is 46.1 Å². The fourth-order valence-corrected chi connectivity index (χ4v) is 19.6. The van der Waals surface area contributed by atoms with E-state index in [9.17, 15) is 0 Å². The average molecular weight is 992 g/mol. The molecule has 0 radical (unpaired) electrons. The Morgan fingerprint density at radius 2 is 0.984 bits per heavy atom. The monoisotopic (exact) mass is 988 g/mol. The molecule has 0 aliphatic heterocycles. The Morgan fingerprint density at radius 1 is 0.500 bits per heavy atom. The van der Waals surface area contributed by atoms with Crippen LogP contribution < -0.4 is 28.1 Å². The van der Waals surface area contributed by atoms with Crippen LogP contribution in [0, 0.1) is 0 Å². The molecule has 8 aromatic rings. The van der Waals surface area contributed by atoms with Crippen LogP contribution in [0.5, 0.6) is 0 Å². The van der Waals surface area contributed by atoms with Crippen molar-refractivity contribution in [2.75, 3.05) is 0 Å². The summed E-state index contributed by atoms with van der Waals surface area (Å²) in [7, 11) is 0. The van der Waals surface area contributed by atoms with Crippen LogP contribution in [0.25, 0.3) is 54.9 Å². The average Bonchev–Trinajstić information content (AvgIpc) is 3.93. The quantitative estimate of drug-likeness (QED) is 0.156. The van der Waals surface area contributed by atoms with Crippen LogP contribution in [0.4, 0.5) is 0 Å². The maximum atomic E-state index is 7.09. The van der Waals surface area contributed by atoms with Crippen molar-refractivity contribution in [1.82, 2.24) is 0 Å². The molecule has 5 heteroatoms. The second-order valence-electron chi connectivity index (χ2n) is 19.0. The number of halogens is 4. The van der Waals surface area contributed by atoms with E-state index in [1.165, 1.54) is 80.7 Å². The van der Waals surface area contributed by atoms with Gasteiger partial charge in [-0.3, -0.25) is 0 Å². The van der Waals surface area contributed by atoms with Crippen LogP contribution >= 0.6 is 23.2 Å². The predicted molar refractivity (Wildman–Crippen MR) is 266 cm³/mol. The summed E-state index contributed by atoms with van der Waals surface area (Å²) in [5.74, 6) is 0. The van der Waals surface area contributed by atoms with Gasteiger partial charge < -0.3 is 24.8 Å². The summed E-state index contributed by atoms with van der Waals surface area (Å²) in [6.45, 7) is 14.3. The van der Waals surface area contributed by atoms with E-state index >= 15 is 0 Å². The Labute approximate surface area is 409 Å². The van der Waals surface area contributed by atoms with Gasteiger partial charge >= 0.3 is 388 Å². The van der Waals surface area contributed by atoms with Gasteiger partial charge in [-0.05, 0) is 0 Å². The minimum atomic E-state index is -3.36. The predicted octanol–water partition coefficient (Wildman–Crippen LogP) is 10.2. The first-order valence-corrected chi connectivity index (χ1v) is 26.5. The molecule has 0 heterocycles. The summed E-state index contributed by atoms with van der Waals surface area (Å²) in [6.07, 6.45) is 10.5. The molecule has 0 saturated heterocycles. The molecule has 0 aromatic heterocycles. The Balaban J connectivity index is 0.00000280. The Kier molecular flexibility index (Phi) is 13.1. The first-order valence-electron chi connectivity index (χ1n) is 21.8. The van der Waals surface area contributed by atoms with E-state index in [0.717, 1.165) is 27.2 Å². The molecule has 0 amide bonds. The minimum absolute atomic E-state index is 0. The molecule has 0 atom stereocenters. The SMILES string of the molecule is CC(C)(C)c1cc2c(cc1-c1ccccc1)Cc1c-2cc(C(C)(C)C)c(-c2ccccc2)[c]1[Zr+2](=[C](c1cccc2c(Cl)cccc12)c1cccc2c(Cl)cccc12)[CH]1C=CC=C1.[Cl-].[Cl-]. The van der Waals surface area contributed by atoms with Crippen molar-refractivity contribution in [3.05, 3.63) is 219 Å². The zero-order chi connectivity index (χ0) is 42.9. The van der Waals surface area contributed by atoms with Gasteiger partial charge in [0.1, 0.15) is 0 Å². The molecule has 10 rings (SSSR count). The number of allylic oxidation sites excluding steroid dienone is 4. The Morgan fingerprint density at radius 3 is 1.52 bits per heavy atom. The van der Waals surface area contributed by atoms with Crippen molar-refractivity contribution in [1.29, 1.82) is 0 Å². The fourth-order valence-electron chi connectivity index (χ4n) is 10.1. The van der Waals surface area contributed by atoms with Gasteiger partial charge in [0.15, 0.2) is 0 Å². The first-order chi connectivity index (χ1) is 29.9. The van der Waals surface area contributed by atoms with Gasteiger partial charge in [-0.2, -0.15) is 0 Å². The molecular formula is C59H50Cl4Zr. The maximum absolute atomic E-state index is 7.09. The molecule has 318 valence electrons. The summed E-state index contributed by atoms with van der Waals surface area (Å²) in [5, 5.41) is 6.08. The van der Waals surface area contributed by atoms with Gasteiger partial charge in [-0.15, -0.1) is 0 Å². The summed E-state index contributed by atoms with van der Waals surface area (Å²) in [4.78, 5) is 0. The third-order valence-corrected chi connectivity index (χ3v) is 21.6. The van der Waals surface area contributed by atoms with E-state index in [0.29, 0.717) is 0 Å². The molecule has 0 bridgehead atoms. The summed E-state index contributed by atoms with van der Waals surface area (Å²) < 4.78 is 3.31. The van der Waals surface area contributed by atoms with E-state index < -0.39 is 21.3 Å². The van der Waals surface area contributed by atoms with Gasteiger partial charge in [0.2, 0.25) is 0 Å². The molecule has 2 aliphatic rings. The van der Waals surface area contributed by atoms with Crippen LogP contribution in [0.15, 0.2) is 176 Å². The van der Waals surface area contributed by atoms with E-state index in [2.05, 4.69) is 205 Å². The van der Waals surface area contributed by atoms with Crippen LogP contribution in [-0.4, -0.2) is 3.21 Å². The van der Waals surface area contributed by atoms with Crippen LogP contribution in [-0.2, 0) is 38.5 Å². The number of benzene rings is 8. The van der Waals surface area contributed by atoms with E-state index in [4.69, 9.17) is 23.2 Å². The largest absolute Gasteiger partial charge is 1.00 e. The zero-order valence-electron chi connectivity index (χ0n) is 37.0. The van der Waals surface area contributed by atoms with E-state index in [1.54, 1.807) is 3.27 Å². The van der Waals surface area contributed by atoms with Crippen LogP contribution in [0.2, 0.25) is 13.7 Å². The molecular weight excluding hydrogens is 942 g/mol. The van der Waals surface area contributed by atoms with Crippen molar-refractivity contribution >= 4 is 51.2 Å². The van der Waals surface area contributed by atoms with Crippen LogP contribution in [0.1, 0.15) is 74.9 Å². The topological polar surface area (TPSA) is 0 Å². The van der Waals surface area contributed by atoms with Gasteiger partial charge in [0.05, 0.1) is 0 Å². The molecule has 0 N–H and O–H groups in total. The number of fused-ring (bicyclic) bond motifs is 5. The third-order valence-electron chi connectivity index (χ3n) is 13.0. The maximum Gasteiger partial charge on any atom is -1.00 e. The van der Waals surface area contributed by atoms with Crippen molar-refractivity contribution in [3.8, 4) is 33.4 Å². The fraction of sp³-hybridized carbons (Fsp3) is 0.169. The molecule has 64 heavy (non-hydrogen) atoms. The number of rotatable bonds is 6. The smallest absolute Gasteiger partial charge is 1.00 e. The molecule has 0 spiro atoms. The van der Waals surface area contributed by atoms with Crippen molar-refractivity contribution in [2.24, 2.45) is 0 Å². The van der Waals surface area contributed by atoms with Crippen molar-refractivity contribution in [3.63, 3.8) is 0 Å². The van der Waals surface area contributed by atoms with Crippen LogP contribution in [0.3, 0.4) is 0 Å². The van der Waals surface area contributed by atoms with Gasteiger partial charge in [-0.25, -0.2) is 0 Å². The molecule has 0 nitrogen and oxygen atoms in total. The summed E-state index contributed by atoms with van der Waals surface area (Å²) in [6, 6.07) is 56.3. The molecule has 0 saturated carbocycles. The standard InChI is InChI=1S/C33H33.C21H12Cl2.C5H5.2ClH.Zr/c1-32(2,3)30-20-26-24(18-28(30)22-13-9-7-10-14-22)17-25-19-29(23-15-11-8-12-16-23)31(21-27(25)26)33(4,5)6;22-20-11-3-7-16-14(5-1-9-18(16)20)13-15-6-2-10-19-17(15)8-4-12-21(19)23;1-2-4-5-3-1;;;/h7-16,18,20-21H,17H2,1-6H3;1-12H;1-5H;2*1H;/q;;;;;+2/p-2. The molecule has 8 aromatic carbocycles. The van der Waals surface area contributed by atoms with E-state index in [-0.39, 0.29) is 39.3 Å². The minimum Gasteiger partial charge on any atom is -1.00 e. The summed E-state index contributed by atoms with van der Waals surface area (Å²) in [5.41, 5.74) is 16.1. The second-order valence-corrected chi connectivity index (χ2v) is 26.0. The normalized spacial score (nSPS) is 13.0. The number of hydrogen-bond donors (Lipinski definition) is 0.